The predicted octanol–water partition coefficient (Wildman–Crippen LogP) is 3.78. The molecular weight excluding hydrogens is 236 g/mol. The number of hydrogen-bond donors (Lipinski definition) is 1. The van der Waals surface area contributed by atoms with Gasteiger partial charge in [0.05, 0.1) is 6.61 Å². The minimum Gasteiger partial charge on any atom is -0.493 e. The van der Waals surface area contributed by atoms with Crippen molar-refractivity contribution in [3.8, 4) is 5.75 Å². The fraction of sp³-hybridized carbons (Fsp3) is 0.294. The molecule has 1 atom stereocenters. The first-order chi connectivity index (χ1) is 9.11. The first-order valence-electron chi connectivity index (χ1n) is 6.59. The second kappa shape index (κ2) is 5.89. The summed E-state index contributed by atoms with van der Waals surface area (Å²) in [4.78, 5) is 0. The molecule has 19 heavy (non-hydrogen) atoms. The molecule has 0 saturated heterocycles. The second-order valence-electron chi connectivity index (χ2n) is 4.79. The third-order valence-corrected chi connectivity index (χ3v) is 3.07. The van der Waals surface area contributed by atoms with Gasteiger partial charge >= 0.3 is 0 Å². The molecule has 0 aliphatic carbocycles. The summed E-state index contributed by atoms with van der Waals surface area (Å²) in [5.41, 5.74) is 4.03. The van der Waals surface area contributed by atoms with E-state index in [0.29, 0.717) is 6.61 Å². The van der Waals surface area contributed by atoms with E-state index in [0.717, 1.165) is 28.0 Å². The van der Waals surface area contributed by atoms with Crippen molar-refractivity contribution < 1.29 is 9.84 Å². The van der Waals surface area contributed by atoms with E-state index in [1.165, 1.54) is 0 Å². The maximum Gasteiger partial charge on any atom is 0.125 e. The van der Waals surface area contributed by atoms with Crippen molar-refractivity contribution in [2.45, 2.75) is 26.9 Å². The van der Waals surface area contributed by atoms with E-state index in [4.69, 9.17) is 4.74 Å². The van der Waals surface area contributed by atoms with E-state index >= 15 is 0 Å². The fourth-order valence-electron chi connectivity index (χ4n) is 2.34. The highest BCUT2D eigenvalue weighted by molar-refractivity contribution is 5.42. The predicted molar refractivity (Wildman–Crippen MR) is 77.6 cm³/mol. The van der Waals surface area contributed by atoms with Gasteiger partial charge in [0, 0.05) is 5.56 Å². The van der Waals surface area contributed by atoms with Crippen molar-refractivity contribution >= 4 is 0 Å². The lowest BCUT2D eigenvalue weighted by Gasteiger charge is -2.17. The van der Waals surface area contributed by atoms with Gasteiger partial charge in [0.15, 0.2) is 0 Å². The molecule has 0 saturated carbocycles. The van der Waals surface area contributed by atoms with Crippen LogP contribution in [-0.4, -0.2) is 11.7 Å². The van der Waals surface area contributed by atoms with Crippen LogP contribution in [0.2, 0.25) is 0 Å². The highest BCUT2D eigenvalue weighted by atomic mass is 16.5. The minimum absolute atomic E-state index is 0.594. The molecule has 2 rings (SSSR count). The summed E-state index contributed by atoms with van der Waals surface area (Å²) < 4.78 is 5.58. The Kier molecular flexibility index (Phi) is 4.23. The Labute approximate surface area is 114 Å². The molecule has 0 aromatic heterocycles. The molecule has 0 spiro atoms. The lowest BCUT2D eigenvalue weighted by Crippen LogP contribution is -2.04. The van der Waals surface area contributed by atoms with Crippen LogP contribution in [0.15, 0.2) is 42.5 Å². The quantitative estimate of drug-likeness (QED) is 0.902. The summed E-state index contributed by atoms with van der Waals surface area (Å²) >= 11 is 0. The van der Waals surface area contributed by atoms with Crippen molar-refractivity contribution in [1.29, 1.82) is 0 Å². The van der Waals surface area contributed by atoms with Crippen LogP contribution in [0, 0.1) is 13.8 Å². The Morgan fingerprint density at radius 3 is 2.32 bits per heavy atom. The molecule has 2 aromatic rings. The average Bonchev–Trinajstić information content (AvgIpc) is 2.38. The van der Waals surface area contributed by atoms with E-state index in [1.54, 1.807) is 0 Å². The van der Waals surface area contributed by atoms with Crippen LogP contribution in [0.4, 0.5) is 0 Å². The molecule has 2 aromatic carbocycles. The first kappa shape index (κ1) is 13.6. The van der Waals surface area contributed by atoms with Crippen LogP contribution in [-0.2, 0) is 0 Å². The molecule has 2 heteroatoms. The highest BCUT2D eigenvalue weighted by Gasteiger charge is 2.15. The molecule has 0 amide bonds. The Hall–Kier alpha value is -1.80. The van der Waals surface area contributed by atoms with E-state index in [2.05, 4.69) is 6.07 Å². The first-order valence-corrected chi connectivity index (χ1v) is 6.59. The summed E-state index contributed by atoms with van der Waals surface area (Å²) in [5, 5.41) is 10.6. The zero-order chi connectivity index (χ0) is 13.8. The molecule has 0 fully saturated rings. The Morgan fingerprint density at radius 2 is 1.68 bits per heavy atom. The van der Waals surface area contributed by atoms with Gasteiger partial charge in [-0.1, -0.05) is 47.5 Å². The normalized spacial score (nSPS) is 12.2. The number of para-hydroxylation sites is 1. The zero-order valence-electron chi connectivity index (χ0n) is 11.7. The van der Waals surface area contributed by atoms with Crippen molar-refractivity contribution in [2.24, 2.45) is 0 Å². The number of aliphatic hydroxyl groups is 1. The second-order valence-corrected chi connectivity index (χ2v) is 4.79. The van der Waals surface area contributed by atoms with Gasteiger partial charge in [-0.3, -0.25) is 0 Å². The fourth-order valence-corrected chi connectivity index (χ4v) is 2.34. The van der Waals surface area contributed by atoms with Gasteiger partial charge in [0.25, 0.3) is 0 Å². The van der Waals surface area contributed by atoms with Gasteiger partial charge in [-0.05, 0) is 32.4 Å². The molecule has 100 valence electrons. The smallest absolute Gasteiger partial charge is 0.125 e. The van der Waals surface area contributed by atoms with Gasteiger partial charge in [-0.25, -0.2) is 0 Å². The van der Waals surface area contributed by atoms with Crippen molar-refractivity contribution in [2.75, 3.05) is 6.61 Å². The van der Waals surface area contributed by atoms with E-state index in [-0.39, 0.29) is 0 Å². The standard InChI is InChI=1S/C17H20O2/c1-4-19-16-8-6-5-7-15(16)17(18)14-10-12(2)9-13(3)11-14/h5-11,17-18H,4H2,1-3H3. The van der Waals surface area contributed by atoms with Gasteiger partial charge in [-0.15, -0.1) is 0 Å². The molecule has 0 bridgehead atoms. The summed E-state index contributed by atoms with van der Waals surface area (Å²) in [5.74, 6) is 0.747. The highest BCUT2D eigenvalue weighted by Crippen LogP contribution is 2.30. The molecule has 1 unspecified atom stereocenters. The molecule has 0 heterocycles. The molecule has 2 nitrogen and oxygen atoms in total. The number of hydrogen-bond acceptors (Lipinski definition) is 2. The Morgan fingerprint density at radius 1 is 1.05 bits per heavy atom. The number of aliphatic hydroxyl groups excluding tert-OH is 1. The van der Waals surface area contributed by atoms with Gasteiger partial charge in [0.2, 0.25) is 0 Å². The van der Waals surface area contributed by atoms with Crippen molar-refractivity contribution in [3.63, 3.8) is 0 Å². The van der Waals surface area contributed by atoms with Crippen molar-refractivity contribution in [1.82, 2.24) is 0 Å². The van der Waals surface area contributed by atoms with Crippen LogP contribution in [0.3, 0.4) is 0 Å². The van der Waals surface area contributed by atoms with Crippen LogP contribution in [0.5, 0.6) is 5.75 Å². The topological polar surface area (TPSA) is 29.5 Å². The number of benzene rings is 2. The summed E-state index contributed by atoms with van der Waals surface area (Å²) in [6.07, 6.45) is -0.652. The maximum absolute atomic E-state index is 10.6. The SMILES string of the molecule is CCOc1ccccc1C(O)c1cc(C)cc(C)c1. The minimum atomic E-state index is -0.652. The van der Waals surface area contributed by atoms with Gasteiger partial charge < -0.3 is 9.84 Å². The average molecular weight is 256 g/mol. The van der Waals surface area contributed by atoms with Crippen molar-refractivity contribution in [3.05, 3.63) is 64.7 Å². The summed E-state index contributed by atoms with van der Waals surface area (Å²) in [7, 11) is 0. The lowest BCUT2D eigenvalue weighted by atomic mass is 9.97. The monoisotopic (exact) mass is 256 g/mol. The molecule has 0 aliphatic heterocycles. The van der Waals surface area contributed by atoms with Crippen LogP contribution in [0.1, 0.15) is 35.3 Å². The third kappa shape index (κ3) is 3.15. The lowest BCUT2D eigenvalue weighted by molar-refractivity contribution is 0.212. The number of aryl methyl sites for hydroxylation is 2. The van der Waals surface area contributed by atoms with Gasteiger partial charge in [0.1, 0.15) is 11.9 Å². The van der Waals surface area contributed by atoms with Crippen LogP contribution in [0.25, 0.3) is 0 Å². The number of ether oxygens (including phenoxy) is 1. The van der Waals surface area contributed by atoms with Crippen LogP contribution < -0.4 is 4.74 Å². The molecule has 0 radical (unpaired) electrons. The zero-order valence-corrected chi connectivity index (χ0v) is 11.7. The maximum atomic E-state index is 10.6. The number of rotatable bonds is 4. The van der Waals surface area contributed by atoms with E-state index < -0.39 is 6.10 Å². The molecule has 0 aliphatic rings. The molecule has 1 N–H and O–H groups in total. The van der Waals surface area contributed by atoms with E-state index in [1.807, 2.05) is 57.2 Å². The van der Waals surface area contributed by atoms with Crippen LogP contribution >= 0.6 is 0 Å². The third-order valence-electron chi connectivity index (χ3n) is 3.07. The summed E-state index contributed by atoms with van der Waals surface area (Å²) in [6.45, 7) is 6.62. The Bertz CT molecular complexity index is 541. The summed E-state index contributed by atoms with van der Waals surface area (Å²) in [6, 6.07) is 13.8. The van der Waals surface area contributed by atoms with E-state index in [9.17, 15) is 5.11 Å². The Balaban J connectivity index is 2.40. The largest absolute Gasteiger partial charge is 0.493 e. The van der Waals surface area contributed by atoms with Gasteiger partial charge in [-0.2, -0.15) is 0 Å². The molecular formula is C17H20O2.